The van der Waals surface area contributed by atoms with E-state index in [1.165, 1.54) is 11.1 Å². The third-order valence-corrected chi connectivity index (χ3v) is 5.93. The van der Waals surface area contributed by atoms with Crippen LogP contribution in [0.3, 0.4) is 0 Å². The van der Waals surface area contributed by atoms with Crippen molar-refractivity contribution in [2.24, 2.45) is 5.41 Å². The Hall–Kier alpha value is -2.85. The maximum Gasteiger partial charge on any atom is 0.222 e. The van der Waals surface area contributed by atoms with Gasteiger partial charge in [0.1, 0.15) is 0 Å². The highest BCUT2D eigenvalue weighted by Gasteiger charge is 2.26. The van der Waals surface area contributed by atoms with Gasteiger partial charge in [0, 0.05) is 45.0 Å². The fourth-order valence-electron chi connectivity index (χ4n) is 4.28. The summed E-state index contributed by atoms with van der Waals surface area (Å²) in [6.45, 7) is 8.21. The number of carboxylic acids is 1. The minimum absolute atomic E-state index is 0.0612. The van der Waals surface area contributed by atoms with Crippen molar-refractivity contribution in [3.05, 3.63) is 41.2 Å². The van der Waals surface area contributed by atoms with Gasteiger partial charge in [-0.1, -0.05) is 45.0 Å². The Morgan fingerprint density at radius 2 is 1.97 bits per heavy atom. The molecule has 0 spiro atoms. The van der Waals surface area contributed by atoms with Crippen molar-refractivity contribution in [1.29, 1.82) is 0 Å². The van der Waals surface area contributed by atoms with Crippen molar-refractivity contribution in [1.82, 2.24) is 30.4 Å². The predicted molar refractivity (Wildman–Crippen MR) is 123 cm³/mol. The third kappa shape index (κ3) is 7.59. The fourth-order valence-corrected chi connectivity index (χ4v) is 4.28. The molecule has 2 heterocycles. The maximum absolute atomic E-state index is 12.8. The molecular weight excluding hydrogens is 436 g/mol. The molecular formula is C24H35N6O4-. The van der Waals surface area contributed by atoms with Crippen LogP contribution in [0.1, 0.15) is 69.4 Å². The number of hydrogen-bond donors (Lipinski definition) is 2. The molecule has 1 aromatic carbocycles. The number of amides is 1. The molecule has 2 atom stereocenters. The molecule has 1 aliphatic rings. The number of aromatic nitrogens is 4. The van der Waals surface area contributed by atoms with Gasteiger partial charge in [-0.3, -0.25) is 4.79 Å². The summed E-state index contributed by atoms with van der Waals surface area (Å²) < 4.78 is 1.69. The summed E-state index contributed by atoms with van der Waals surface area (Å²) in [4.78, 5) is 25.4. The summed E-state index contributed by atoms with van der Waals surface area (Å²) in [5.41, 5.74) is 2.46. The van der Waals surface area contributed by atoms with Crippen LogP contribution in [0.5, 0.6) is 0 Å². The molecule has 0 saturated carbocycles. The summed E-state index contributed by atoms with van der Waals surface area (Å²) in [5.74, 6) is -0.567. The Morgan fingerprint density at radius 3 is 2.68 bits per heavy atom. The van der Waals surface area contributed by atoms with E-state index in [-0.39, 0.29) is 23.9 Å². The molecule has 1 aliphatic heterocycles. The van der Waals surface area contributed by atoms with Crippen LogP contribution >= 0.6 is 0 Å². The number of aliphatic hydroxyl groups excluding tert-OH is 1. The highest BCUT2D eigenvalue weighted by molar-refractivity contribution is 5.76. The van der Waals surface area contributed by atoms with Gasteiger partial charge >= 0.3 is 0 Å². The highest BCUT2D eigenvalue weighted by Crippen LogP contribution is 2.28. The molecule has 1 amide bonds. The van der Waals surface area contributed by atoms with Crippen LogP contribution in [0.2, 0.25) is 0 Å². The largest absolute Gasteiger partial charge is 0.550 e. The number of rotatable bonds is 11. The van der Waals surface area contributed by atoms with Crippen molar-refractivity contribution >= 4 is 11.9 Å². The van der Waals surface area contributed by atoms with E-state index in [2.05, 4.69) is 53.7 Å². The number of benzene rings is 1. The maximum atomic E-state index is 12.8. The molecule has 3 rings (SSSR count). The second-order valence-corrected chi connectivity index (χ2v) is 10.2. The third-order valence-electron chi connectivity index (χ3n) is 5.93. The molecule has 10 heteroatoms. The predicted octanol–water partition coefficient (Wildman–Crippen LogP) is 0.606. The first-order valence-corrected chi connectivity index (χ1v) is 11.8. The highest BCUT2D eigenvalue weighted by atomic mass is 16.4. The minimum atomic E-state index is -1.30. The molecule has 0 saturated heterocycles. The quantitative estimate of drug-likeness (QED) is 0.486. The van der Waals surface area contributed by atoms with E-state index in [1.807, 2.05) is 17.0 Å². The lowest BCUT2D eigenvalue weighted by molar-refractivity contribution is -0.307. The number of carbonyl (C=O) groups is 2. The zero-order valence-corrected chi connectivity index (χ0v) is 20.2. The summed E-state index contributed by atoms with van der Waals surface area (Å²) >= 11 is 0. The number of fused-ring (bicyclic) bond motifs is 1. The first-order valence-electron chi connectivity index (χ1n) is 11.8. The van der Waals surface area contributed by atoms with E-state index in [9.17, 15) is 19.8 Å². The lowest BCUT2D eigenvalue weighted by atomic mass is 9.87. The summed E-state index contributed by atoms with van der Waals surface area (Å²) in [6.07, 6.45) is 1.06. The molecule has 2 aromatic rings. The molecule has 0 bridgehead atoms. The molecule has 2 N–H and O–H groups in total. The Balaban J connectivity index is 1.57. The number of tetrazole rings is 1. The lowest BCUT2D eigenvalue weighted by Crippen LogP contribution is -2.37. The molecule has 0 radical (unpaired) electrons. The van der Waals surface area contributed by atoms with Crippen molar-refractivity contribution < 1.29 is 19.8 Å². The first-order chi connectivity index (χ1) is 16.1. The Labute approximate surface area is 200 Å². The van der Waals surface area contributed by atoms with Gasteiger partial charge in [0.15, 0.2) is 5.82 Å². The van der Waals surface area contributed by atoms with Crippen LogP contribution in [0.25, 0.3) is 0 Å². The van der Waals surface area contributed by atoms with Gasteiger partial charge in [-0.25, -0.2) is 4.68 Å². The normalized spacial score (nSPS) is 15.6. The van der Waals surface area contributed by atoms with Gasteiger partial charge in [-0.05, 0) is 46.2 Å². The number of carboxylic acid groups (broad SMARTS) is 1. The standard InChI is InChI=1S/C24H36N6O4/c1-24(2,3)14-20(25-15-19(31)13-22(33)34)23-26-27-28-30(23)11-6-9-21(32)29-12-10-17-7-4-5-8-18(17)16-29/h4-5,7-8,19-20,25,31H,6,9-16H2,1-3H3,(H,33,34)/p-1. The van der Waals surface area contributed by atoms with E-state index in [0.29, 0.717) is 38.2 Å². The average molecular weight is 472 g/mol. The Kier molecular flexibility index (Phi) is 8.73. The molecule has 186 valence electrons. The monoisotopic (exact) mass is 471 g/mol. The summed E-state index contributed by atoms with van der Waals surface area (Å²) in [7, 11) is 0. The van der Waals surface area contributed by atoms with E-state index in [1.54, 1.807) is 4.68 Å². The van der Waals surface area contributed by atoms with Crippen LogP contribution in [0.15, 0.2) is 24.3 Å². The number of aliphatic hydroxyl groups is 1. The molecule has 1 aromatic heterocycles. The fraction of sp³-hybridized carbons (Fsp3) is 0.625. The van der Waals surface area contributed by atoms with Crippen LogP contribution in [0, 0.1) is 5.41 Å². The Bertz CT molecular complexity index is 970. The number of aliphatic carboxylic acids is 1. The minimum Gasteiger partial charge on any atom is -0.550 e. The number of aryl methyl sites for hydroxylation is 1. The first kappa shape index (κ1) is 25.8. The number of hydrogen-bond acceptors (Lipinski definition) is 8. The van der Waals surface area contributed by atoms with Crippen molar-refractivity contribution in [2.75, 3.05) is 13.1 Å². The second-order valence-electron chi connectivity index (χ2n) is 10.2. The van der Waals surface area contributed by atoms with Crippen molar-refractivity contribution in [3.63, 3.8) is 0 Å². The van der Waals surface area contributed by atoms with E-state index >= 15 is 0 Å². The van der Waals surface area contributed by atoms with Crippen molar-refractivity contribution in [3.8, 4) is 0 Å². The van der Waals surface area contributed by atoms with Gasteiger partial charge in [-0.2, -0.15) is 0 Å². The van der Waals surface area contributed by atoms with Crippen LogP contribution in [-0.2, 0) is 29.1 Å². The van der Waals surface area contributed by atoms with Crippen LogP contribution in [-0.4, -0.2) is 61.3 Å². The van der Waals surface area contributed by atoms with Crippen molar-refractivity contribution in [2.45, 2.75) is 78.1 Å². The molecule has 0 fully saturated rings. The molecule has 0 aliphatic carbocycles. The Morgan fingerprint density at radius 1 is 1.24 bits per heavy atom. The van der Waals surface area contributed by atoms with Crippen LogP contribution in [0.4, 0.5) is 0 Å². The lowest BCUT2D eigenvalue weighted by Gasteiger charge is -2.29. The molecule has 10 nitrogen and oxygen atoms in total. The SMILES string of the molecule is CC(C)(C)CC(NCC(O)CC(=O)[O-])c1nnnn1CCCC(=O)N1CCc2ccccc2C1. The van der Waals surface area contributed by atoms with Gasteiger partial charge in [0.05, 0.1) is 12.1 Å². The van der Waals surface area contributed by atoms with Gasteiger partial charge in [0.2, 0.25) is 5.91 Å². The van der Waals surface area contributed by atoms with Gasteiger partial charge < -0.3 is 25.2 Å². The molecule has 2 unspecified atom stereocenters. The van der Waals surface area contributed by atoms with E-state index in [4.69, 9.17) is 0 Å². The zero-order chi connectivity index (χ0) is 24.7. The number of nitrogens with one attached hydrogen (secondary N) is 1. The van der Waals surface area contributed by atoms with Gasteiger partial charge in [-0.15, -0.1) is 5.10 Å². The average Bonchev–Trinajstić information content (AvgIpc) is 3.23. The second kappa shape index (κ2) is 11.5. The topological polar surface area (TPSA) is 136 Å². The van der Waals surface area contributed by atoms with E-state index in [0.717, 1.165) is 13.0 Å². The molecule has 34 heavy (non-hydrogen) atoms. The van der Waals surface area contributed by atoms with Gasteiger partial charge in [0.25, 0.3) is 0 Å². The number of nitrogens with zero attached hydrogens (tertiary/aromatic N) is 5. The zero-order valence-electron chi connectivity index (χ0n) is 20.2. The smallest absolute Gasteiger partial charge is 0.222 e. The summed E-state index contributed by atoms with van der Waals surface area (Å²) in [5, 5.41) is 36.0. The van der Waals surface area contributed by atoms with Crippen LogP contribution < -0.4 is 10.4 Å². The summed E-state index contributed by atoms with van der Waals surface area (Å²) in [6, 6.07) is 7.96. The van der Waals surface area contributed by atoms with E-state index < -0.39 is 18.5 Å². The number of carbonyl (C=O) groups excluding carboxylic acids is 2.